The van der Waals surface area contributed by atoms with Crippen LogP contribution in [0.5, 0.6) is 17.2 Å². The average Bonchev–Trinajstić information content (AvgIpc) is 3.09. The first-order valence-corrected chi connectivity index (χ1v) is 10.1. The monoisotopic (exact) mass is 437 g/mol. The minimum Gasteiger partial charge on any atom is -0.496 e. The maximum Gasteiger partial charge on any atom is 0.296 e. The summed E-state index contributed by atoms with van der Waals surface area (Å²) < 4.78 is 17.7. The minimum atomic E-state index is -0.448. The molecule has 2 aromatic carbocycles. The van der Waals surface area contributed by atoms with Crippen LogP contribution in [0.1, 0.15) is 16.8 Å². The van der Waals surface area contributed by atoms with Crippen LogP contribution in [0.15, 0.2) is 52.1 Å². The lowest BCUT2D eigenvalue weighted by molar-refractivity contribution is 0.374. The fourth-order valence-electron chi connectivity index (χ4n) is 3.15. The second-order valence-electron chi connectivity index (χ2n) is 6.58. The molecule has 0 atom stereocenters. The van der Waals surface area contributed by atoms with Crippen molar-refractivity contribution in [3.8, 4) is 17.2 Å². The summed E-state index contributed by atoms with van der Waals surface area (Å²) >= 11 is 1.08. The molecular weight excluding hydrogens is 418 g/mol. The van der Waals surface area contributed by atoms with Crippen molar-refractivity contribution in [3.63, 3.8) is 0 Å². The van der Waals surface area contributed by atoms with Crippen molar-refractivity contribution in [2.24, 2.45) is 0 Å². The molecule has 0 aliphatic carbocycles. The summed E-state index contributed by atoms with van der Waals surface area (Å²) in [4.78, 5) is 29.7. The van der Waals surface area contributed by atoms with Gasteiger partial charge in [0.25, 0.3) is 11.1 Å². The Morgan fingerprint density at radius 1 is 1.00 bits per heavy atom. The van der Waals surface area contributed by atoms with Crippen LogP contribution < -0.4 is 29.9 Å². The SMILES string of the molecule is COc1cc(OC)c(/C=c2\sc3nc(=O)c(Cc4ccccc4)nn3c2=O)c(OC)c1. The van der Waals surface area contributed by atoms with Crippen molar-refractivity contribution >= 4 is 22.4 Å². The Labute approximate surface area is 181 Å². The van der Waals surface area contributed by atoms with Crippen molar-refractivity contribution < 1.29 is 14.2 Å². The number of ether oxygens (including phenoxy) is 3. The molecule has 0 amide bonds. The predicted octanol–water partition coefficient (Wildman–Crippen LogP) is 1.68. The van der Waals surface area contributed by atoms with Crippen LogP contribution in [-0.4, -0.2) is 35.9 Å². The Kier molecular flexibility index (Phi) is 5.68. The highest BCUT2D eigenvalue weighted by Crippen LogP contribution is 2.34. The lowest BCUT2D eigenvalue weighted by Crippen LogP contribution is -2.28. The highest BCUT2D eigenvalue weighted by molar-refractivity contribution is 7.15. The molecule has 0 spiro atoms. The molecule has 0 bridgehead atoms. The second-order valence-corrected chi connectivity index (χ2v) is 7.59. The summed E-state index contributed by atoms with van der Waals surface area (Å²) in [6, 6.07) is 12.8. The van der Waals surface area contributed by atoms with E-state index >= 15 is 0 Å². The molecule has 9 heteroatoms. The first-order valence-electron chi connectivity index (χ1n) is 9.32. The van der Waals surface area contributed by atoms with Gasteiger partial charge in [0.05, 0.1) is 31.4 Å². The van der Waals surface area contributed by atoms with E-state index < -0.39 is 5.56 Å². The van der Waals surface area contributed by atoms with Crippen LogP contribution in [0.4, 0.5) is 0 Å². The predicted molar refractivity (Wildman–Crippen MR) is 118 cm³/mol. The van der Waals surface area contributed by atoms with Crippen LogP contribution in [0.3, 0.4) is 0 Å². The van der Waals surface area contributed by atoms with Crippen LogP contribution in [0.2, 0.25) is 0 Å². The Bertz CT molecular complexity index is 1390. The molecule has 0 saturated carbocycles. The van der Waals surface area contributed by atoms with Crippen LogP contribution in [-0.2, 0) is 6.42 Å². The van der Waals surface area contributed by atoms with Gasteiger partial charge < -0.3 is 14.2 Å². The Morgan fingerprint density at radius 2 is 1.68 bits per heavy atom. The van der Waals surface area contributed by atoms with Crippen LogP contribution in [0.25, 0.3) is 11.0 Å². The fourth-order valence-corrected chi connectivity index (χ4v) is 4.03. The molecule has 0 saturated heterocycles. The van der Waals surface area contributed by atoms with Gasteiger partial charge >= 0.3 is 0 Å². The normalized spacial score (nSPS) is 11.6. The molecule has 31 heavy (non-hydrogen) atoms. The molecule has 4 rings (SSSR count). The zero-order valence-corrected chi connectivity index (χ0v) is 17.9. The fraction of sp³-hybridized carbons (Fsp3) is 0.182. The maximum absolute atomic E-state index is 13.0. The molecule has 8 nitrogen and oxygen atoms in total. The zero-order chi connectivity index (χ0) is 22.0. The van der Waals surface area contributed by atoms with Crippen molar-refractivity contribution in [2.75, 3.05) is 21.3 Å². The van der Waals surface area contributed by atoms with E-state index in [0.29, 0.717) is 33.8 Å². The Morgan fingerprint density at radius 3 is 2.29 bits per heavy atom. The Balaban J connectivity index is 1.87. The highest BCUT2D eigenvalue weighted by atomic mass is 32.1. The highest BCUT2D eigenvalue weighted by Gasteiger charge is 2.15. The number of hydrogen-bond donors (Lipinski definition) is 0. The standard InChI is InChI=1S/C22H19N3O5S/c1-28-14-10-17(29-2)15(18(11-14)30-3)12-19-21(27)25-22(31-19)23-20(26)16(24-25)9-13-7-5-4-6-8-13/h4-8,10-12H,9H2,1-3H3/b19-12-. The van der Waals surface area contributed by atoms with E-state index in [4.69, 9.17) is 14.2 Å². The summed E-state index contributed by atoms with van der Waals surface area (Å²) in [7, 11) is 4.58. The number of fused-ring (bicyclic) bond motifs is 1. The quantitative estimate of drug-likeness (QED) is 0.453. The van der Waals surface area contributed by atoms with Gasteiger partial charge in [-0.2, -0.15) is 14.6 Å². The lowest BCUT2D eigenvalue weighted by atomic mass is 10.1. The summed E-state index contributed by atoms with van der Waals surface area (Å²) in [6.45, 7) is 0. The number of nitrogens with zero attached hydrogens (tertiary/aromatic N) is 3. The van der Waals surface area contributed by atoms with E-state index in [1.165, 1.54) is 18.7 Å². The van der Waals surface area contributed by atoms with Gasteiger partial charge in [0.1, 0.15) is 22.9 Å². The van der Waals surface area contributed by atoms with E-state index in [1.807, 2.05) is 30.3 Å². The molecule has 0 unspecified atom stereocenters. The third-order valence-corrected chi connectivity index (χ3v) is 5.65. The molecule has 0 fully saturated rings. The van der Waals surface area contributed by atoms with E-state index in [-0.39, 0.29) is 16.2 Å². The van der Waals surface area contributed by atoms with Crippen molar-refractivity contribution in [2.45, 2.75) is 6.42 Å². The van der Waals surface area contributed by atoms with E-state index in [2.05, 4.69) is 10.1 Å². The number of rotatable bonds is 6. The molecule has 0 aliphatic heterocycles. The van der Waals surface area contributed by atoms with Gasteiger partial charge in [-0.15, -0.1) is 0 Å². The molecule has 0 radical (unpaired) electrons. The first kappa shape index (κ1) is 20.5. The smallest absolute Gasteiger partial charge is 0.296 e. The third-order valence-electron chi connectivity index (χ3n) is 4.69. The molecular formula is C22H19N3O5S. The number of aromatic nitrogens is 3. The minimum absolute atomic E-state index is 0.213. The van der Waals surface area contributed by atoms with Gasteiger partial charge in [0, 0.05) is 18.6 Å². The van der Waals surface area contributed by atoms with Gasteiger partial charge in [0.2, 0.25) is 4.96 Å². The van der Waals surface area contributed by atoms with Gasteiger partial charge in [-0.3, -0.25) is 9.59 Å². The average molecular weight is 437 g/mol. The van der Waals surface area contributed by atoms with Crippen LogP contribution >= 0.6 is 11.3 Å². The summed E-state index contributed by atoms with van der Waals surface area (Å²) in [5.41, 5.74) is 0.876. The topological polar surface area (TPSA) is 92.0 Å². The zero-order valence-electron chi connectivity index (χ0n) is 17.1. The summed E-state index contributed by atoms with van der Waals surface area (Å²) in [6.07, 6.45) is 1.94. The number of benzene rings is 2. The van der Waals surface area contributed by atoms with Crippen molar-refractivity contribution in [1.29, 1.82) is 0 Å². The van der Waals surface area contributed by atoms with Crippen molar-refractivity contribution in [1.82, 2.24) is 14.6 Å². The molecule has 2 heterocycles. The van der Waals surface area contributed by atoms with Gasteiger partial charge in [-0.25, -0.2) is 0 Å². The van der Waals surface area contributed by atoms with Gasteiger partial charge in [0.15, 0.2) is 0 Å². The van der Waals surface area contributed by atoms with Crippen molar-refractivity contribution in [3.05, 3.63) is 84.5 Å². The van der Waals surface area contributed by atoms with Crippen LogP contribution in [0, 0.1) is 0 Å². The molecule has 2 aromatic heterocycles. The maximum atomic E-state index is 13.0. The largest absolute Gasteiger partial charge is 0.496 e. The lowest BCUT2D eigenvalue weighted by Gasteiger charge is -2.12. The van der Waals surface area contributed by atoms with Gasteiger partial charge in [-0.1, -0.05) is 41.7 Å². The summed E-state index contributed by atoms with van der Waals surface area (Å²) in [5, 5.41) is 4.28. The van der Waals surface area contributed by atoms with E-state index in [1.54, 1.807) is 25.3 Å². The molecule has 0 aliphatic rings. The number of hydrogen-bond acceptors (Lipinski definition) is 8. The molecule has 0 N–H and O–H groups in total. The first-order chi connectivity index (χ1) is 15.0. The third kappa shape index (κ3) is 3.99. The van der Waals surface area contributed by atoms with Gasteiger partial charge in [-0.05, 0) is 11.6 Å². The summed E-state index contributed by atoms with van der Waals surface area (Å²) in [5.74, 6) is 1.52. The molecule has 158 valence electrons. The number of thiazole rings is 1. The van der Waals surface area contributed by atoms with E-state index in [9.17, 15) is 9.59 Å². The number of methoxy groups -OCH3 is 3. The Hall–Kier alpha value is -3.72. The second kappa shape index (κ2) is 8.57. The van der Waals surface area contributed by atoms with E-state index in [0.717, 1.165) is 16.9 Å². The molecule has 4 aromatic rings.